The van der Waals surface area contributed by atoms with Gasteiger partial charge in [0, 0.05) is 16.2 Å². The number of nitrogen functional groups attached to an aromatic ring is 1. The molecule has 0 radical (unpaired) electrons. The van der Waals surface area contributed by atoms with Gasteiger partial charge in [-0.05, 0) is 36.2 Å². The first kappa shape index (κ1) is 22.8. The van der Waals surface area contributed by atoms with Gasteiger partial charge in [0.15, 0.2) is 0 Å². The van der Waals surface area contributed by atoms with E-state index < -0.39 is 10.0 Å². The second kappa shape index (κ2) is 10.3. The second-order valence-corrected chi connectivity index (χ2v) is 8.94. The predicted molar refractivity (Wildman–Crippen MR) is 123 cm³/mol. The van der Waals surface area contributed by atoms with Gasteiger partial charge in [0.25, 0.3) is 10.0 Å². The summed E-state index contributed by atoms with van der Waals surface area (Å²) in [5.74, 6) is 0.851. The third-order valence-corrected chi connectivity index (χ3v) is 6.55. The Morgan fingerprint density at radius 3 is 2.21 bits per heavy atom. The molecule has 4 N–H and O–H groups in total. The quantitative estimate of drug-likeness (QED) is 0.268. The minimum Gasteiger partial charge on any atom is -0.384 e. The van der Waals surface area contributed by atoms with Crippen LogP contribution in [-0.2, 0) is 16.4 Å². The largest absolute Gasteiger partial charge is 0.384 e. The lowest BCUT2D eigenvalue weighted by Gasteiger charge is -2.12. The Kier molecular flexibility index (Phi) is 8.13. The Morgan fingerprint density at radius 1 is 0.931 bits per heavy atom. The van der Waals surface area contributed by atoms with Crippen molar-refractivity contribution >= 4 is 45.7 Å². The highest BCUT2D eigenvalue weighted by Crippen LogP contribution is 2.29. The SMILES string of the molecule is Cl.N=C(N)c1ccc(CCSc2ccccc2NS(=O)(=O)c2ccccc2)cc1. The molecule has 0 aliphatic rings. The minimum absolute atomic E-state index is 0. The average molecular weight is 448 g/mol. The number of nitrogens with one attached hydrogen (secondary N) is 2. The van der Waals surface area contributed by atoms with Gasteiger partial charge in [-0.2, -0.15) is 0 Å². The fraction of sp³-hybridized carbons (Fsp3) is 0.0952. The van der Waals surface area contributed by atoms with Crippen molar-refractivity contribution in [3.8, 4) is 0 Å². The van der Waals surface area contributed by atoms with Crippen LogP contribution in [0.2, 0.25) is 0 Å². The van der Waals surface area contributed by atoms with Gasteiger partial charge < -0.3 is 5.73 Å². The summed E-state index contributed by atoms with van der Waals surface area (Å²) in [5, 5.41) is 7.43. The highest BCUT2D eigenvalue weighted by Gasteiger charge is 2.15. The molecule has 152 valence electrons. The lowest BCUT2D eigenvalue weighted by atomic mass is 10.1. The van der Waals surface area contributed by atoms with Gasteiger partial charge in [0.2, 0.25) is 0 Å². The number of hydrogen-bond acceptors (Lipinski definition) is 4. The summed E-state index contributed by atoms with van der Waals surface area (Å²) in [4.78, 5) is 1.11. The van der Waals surface area contributed by atoms with Crippen LogP contribution in [0.4, 0.5) is 5.69 Å². The number of thioether (sulfide) groups is 1. The van der Waals surface area contributed by atoms with E-state index in [0.717, 1.165) is 22.6 Å². The van der Waals surface area contributed by atoms with Crippen LogP contribution < -0.4 is 10.5 Å². The Labute approximate surface area is 181 Å². The zero-order chi connectivity index (χ0) is 20.0. The third-order valence-electron chi connectivity index (χ3n) is 4.10. The molecule has 0 bridgehead atoms. The smallest absolute Gasteiger partial charge is 0.261 e. The molecular formula is C21H22ClN3O2S2. The van der Waals surface area contributed by atoms with Crippen molar-refractivity contribution in [1.82, 2.24) is 0 Å². The molecule has 0 aliphatic heterocycles. The number of halogens is 1. The molecule has 0 saturated carbocycles. The minimum atomic E-state index is -3.62. The fourth-order valence-corrected chi connectivity index (χ4v) is 4.78. The van der Waals surface area contributed by atoms with E-state index in [1.807, 2.05) is 42.5 Å². The van der Waals surface area contributed by atoms with Gasteiger partial charge in [-0.15, -0.1) is 24.2 Å². The van der Waals surface area contributed by atoms with Crippen LogP contribution >= 0.6 is 24.2 Å². The summed E-state index contributed by atoms with van der Waals surface area (Å²) in [7, 11) is -3.62. The van der Waals surface area contributed by atoms with Crippen LogP contribution in [0, 0.1) is 5.41 Å². The summed E-state index contributed by atoms with van der Waals surface area (Å²) in [6.07, 6.45) is 0.822. The van der Waals surface area contributed by atoms with E-state index in [-0.39, 0.29) is 23.1 Å². The number of sulfonamides is 1. The van der Waals surface area contributed by atoms with Crippen molar-refractivity contribution in [1.29, 1.82) is 5.41 Å². The summed E-state index contributed by atoms with van der Waals surface area (Å²) in [6.45, 7) is 0. The van der Waals surface area contributed by atoms with Crippen LogP contribution in [-0.4, -0.2) is 20.0 Å². The number of hydrogen-bond donors (Lipinski definition) is 3. The molecule has 0 amide bonds. The molecule has 5 nitrogen and oxygen atoms in total. The average Bonchev–Trinajstić information content (AvgIpc) is 2.70. The first-order chi connectivity index (χ1) is 13.5. The van der Waals surface area contributed by atoms with Gasteiger partial charge in [-0.25, -0.2) is 8.42 Å². The van der Waals surface area contributed by atoms with Crippen LogP contribution in [0.25, 0.3) is 0 Å². The van der Waals surface area contributed by atoms with E-state index in [9.17, 15) is 8.42 Å². The zero-order valence-electron chi connectivity index (χ0n) is 15.5. The highest BCUT2D eigenvalue weighted by molar-refractivity contribution is 7.99. The molecule has 0 aliphatic carbocycles. The monoisotopic (exact) mass is 447 g/mol. The lowest BCUT2D eigenvalue weighted by Crippen LogP contribution is -2.13. The van der Waals surface area contributed by atoms with Crippen LogP contribution in [0.1, 0.15) is 11.1 Å². The van der Waals surface area contributed by atoms with Crippen LogP contribution in [0.5, 0.6) is 0 Å². The summed E-state index contributed by atoms with van der Waals surface area (Å²) >= 11 is 1.59. The first-order valence-corrected chi connectivity index (χ1v) is 11.2. The van der Waals surface area contributed by atoms with Gasteiger partial charge >= 0.3 is 0 Å². The molecule has 0 spiro atoms. The molecule has 0 aromatic heterocycles. The Hall–Kier alpha value is -2.48. The van der Waals surface area contributed by atoms with Crippen LogP contribution in [0.3, 0.4) is 0 Å². The standard InChI is InChI=1S/C21H21N3O2S2.ClH/c22-21(23)17-12-10-16(11-13-17)14-15-27-20-9-5-4-8-19(20)24-28(25,26)18-6-2-1-3-7-18;/h1-13,24H,14-15H2,(H3,22,23);1H. The number of amidine groups is 1. The molecule has 3 aromatic rings. The van der Waals surface area contributed by atoms with Gasteiger partial charge in [-0.3, -0.25) is 10.1 Å². The van der Waals surface area contributed by atoms with Crippen molar-refractivity contribution < 1.29 is 8.42 Å². The number of rotatable bonds is 8. The Bertz CT molecular complexity index is 1060. The number of benzene rings is 3. The van der Waals surface area contributed by atoms with E-state index in [4.69, 9.17) is 11.1 Å². The van der Waals surface area contributed by atoms with E-state index in [1.165, 1.54) is 0 Å². The molecule has 3 rings (SSSR count). The Balaban J connectivity index is 0.00000300. The lowest BCUT2D eigenvalue weighted by molar-refractivity contribution is 0.601. The summed E-state index contributed by atoms with van der Waals surface area (Å²) < 4.78 is 27.9. The number of aryl methyl sites for hydroxylation is 1. The molecule has 0 saturated heterocycles. The van der Waals surface area contributed by atoms with Crippen molar-refractivity contribution in [2.75, 3.05) is 10.5 Å². The summed E-state index contributed by atoms with van der Waals surface area (Å²) in [5.41, 5.74) is 7.89. The molecule has 0 unspecified atom stereocenters. The van der Waals surface area contributed by atoms with Crippen LogP contribution in [0.15, 0.2) is 88.7 Å². The van der Waals surface area contributed by atoms with Gasteiger partial charge in [0.1, 0.15) is 5.84 Å². The number of para-hydroxylation sites is 1. The van der Waals surface area contributed by atoms with E-state index >= 15 is 0 Å². The fourth-order valence-electron chi connectivity index (χ4n) is 2.61. The van der Waals surface area contributed by atoms with E-state index in [1.54, 1.807) is 48.2 Å². The molecule has 8 heteroatoms. The van der Waals surface area contributed by atoms with Gasteiger partial charge in [-0.1, -0.05) is 54.6 Å². The maximum atomic E-state index is 12.6. The highest BCUT2D eigenvalue weighted by atomic mass is 35.5. The Morgan fingerprint density at radius 2 is 1.55 bits per heavy atom. The molecular weight excluding hydrogens is 426 g/mol. The van der Waals surface area contributed by atoms with Crippen molar-refractivity contribution in [3.63, 3.8) is 0 Å². The molecule has 0 heterocycles. The maximum Gasteiger partial charge on any atom is 0.261 e. The van der Waals surface area contributed by atoms with Crippen molar-refractivity contribution in [2.24, 2.45) is 5.73 Å². The maximum absolute atomic E-state index is 12.6. The van der Waals surface area contributed by atoms with E-state index in [0.29, 0.717) is 11.3 Å². The van der Waals surface area contributed by atoms with Crippen molar-refractivity contribution in [3.05, 3.63) is 90.0 Å². The van der Waals surface area contributed by atoms with E-state index in [2.05, 4.69) is 4.72 Å². The van der Waals surface area contributed by atoms with Crippen molar-refractivity contribution in [2.45, 2.75) is 16.2 Å². The molecule has 29 heavy (non-hydrogen) atoms. The summed E-state index contributed by atoms with van der Waals surface area (Å²) in [6, 6.07) is 23.3. The second-order valence-electron chi connectivity index (χ2n) is 6.12. The predicted octanol–water partition coefficient (Wildman–Crippen LogP) is 4.53. The molecule has 3 aromatic carbocycles. The zero-order valence-corrected chi connectivity index (χ0v) is 18.0. The number of anilines is 1. The molecule has 0 fully saturated rings. The topological polar surface area (TPSA) is 96.0 Å². The molecule has 0 atom stereocenters. The first-order valence-electron chi connectivity index (χ1n) is 8.69. The third kappa shape index (κ3) is 6.25. The van der Waals surface area contributed by atoms with Gasteiger partial charge in [0.05, 0.1) is 10.6 Å². The normalized spacial score (nSPS) is 10.8. The number of nitrogens with two attached hydrogens (primary N) is 1.